The number of rotatable bonds is 1. The molecule has 3 atom stereocenters. The molecule has 16 heavy (non-hydrogen) atoms. The fraction of sp³-hybridized carbons (Fsp3) is 0.308. The van der Waals surface area contributed by atoms with E-state index in [1.807, 2.05) is 24.4 Å². The Hall–Kier alpha value is -1.61. The summed E-state index contributed by atoms with van der Waals surface area (Å²) < 4.78 is 0. The number of aromatic amines is 1. The second-order valence-corrected chi connectivity index (χ2v) is 4.42. The number of aliphatic hydroxyl groups excluding tert-OH is 1. The average Bonchev–Trinajstić information content (AvgIpc) is 2.89. The summed E-state index contributed by atoms with van der Waals surface area (Å²) in [7, 11) is 0. The highest BCUT2D eigenvalue weighted by molar-refractivity contribution is 5.42. The molecule has 0 saturated heterocycles. The molecule has 2 aromatic rings. The lowest BCUT2D eigenvalue weighted by molar-refractivity contribution is 0.125. The van der Waals surface area contributed by atoms with Gasteiger partial charge in [0.25, 0.3) is 0 Å². The van der Waals surface area contributed by atoms with Gasteiger partial charge in [-0.1, -0.05) is 31.2 Å². The predicted octanol–water partition coefficient (Wildman–Crippen LogP) is 2.22. The quantitative estimate of drug-likeness (QED) is 0.764. The van der Waals surface area contributed by atoms with Gasteiger partial charge in [0, 0.05) is 17.8 Å². The Labute approximate surface area is 94.2 Å². The van der Waals surface area contributed by atoms with E-state index in [4.69, 9.17) is 0 Å². The lowest BCUT2D eigenvalue weighted by Gasteiger charge is -2.16. The van der Waals surface area contributed by atoms with Gasteiger partial charge in [0.05, 0.1) is 12.4 Å². The van der Waals surface area contributed by atoms with E-state index in [0.29, 0.717) is 0 Å². The molecule has 1 aromatic heterocycles. The zero-order chi connectivity index (χ0) is 11.1. The lowest BCUT2D eigenvalue weighted by Crippen LogP contribution is -2.09. The largest absolute Gasteiger partial charge is 0.388 e. The van der Waals surface area contributed by atoms with Crippen LogP contribution < -0.4 is 0 Å². The van der Waals surface area contributed by atoms with Gasteiger partial charge in [-0.15, -0.1) is 0 Å². The van der Waals surface area contributed by atoms with Gasteiger partial charge in [-0.3, -0.25) is 0 Å². The normalized spacial score (nSPS) is 28.0. The highest BCUT2D eigenvalue weighted by atomic mass is 16.3. The molecule has 0 bridgehead atoms. The van der Waals surface area contributed by atoms with E-state index in [0.717, 1.165) is 11.3 Å². The monoisotopic (exact) mass is 214 g/mol. The van der Waals surface area contributed by atoms with E-state index in [1.54, 1.807) is 6.33 Å². The van der Waals surface area contributed by atoms with Crippen molar-refractivity contribution >= 4 is 0 Å². The van der Waals surface area contributed by atoms with E-state index in [9.17, 15) is 5.11 Å². The molecule has 2 N–H and O–H groups in total. The van der Waals surface area contributed by atoms with Crippen molar-refractivity contribution in [3.05, 3.63) is 53.6 Å². The Morgan fingerprint density at radius 3 is 2.69 bits per heavy atom. The molecule has 3 heteroatoms. The molecule has 0 radical (unpaired) electrons. The summed E-state index contributed by atoms with van der Waals surface area (Å²) in [5.74, 6) is 0.423. The van der Waals surface area contributed by atoms with Crippen LogP contribution in [0.4, 0.5) is 0 Å². The number of fused-ring (bicyclic) bond motifs is 1. The number of H-pyrrole nitrogens is 1. The fourth-order valence-electron chi connectivity index (χ4n) is 2.70. The SMILES string of the molecule is CC1C(O)c2ccccc2C1c1cnc[nH]1. The van der Waals surface area contributed by atoms with E-state index in [1.165, 1.54) is 5.56 Å². The summed E-state index contributed by atoms with van der Waals surface area (Å²) in [5, 5.41) is 10.2. The standard InChI is InChI=1S/C13H14N2O/c1-8-12(11-6-14-7-15-11)9-4-2-3-5-10(9)13(8)16/h2-8,12-13,16H,1H3,(H,14,15). The number of hydrogen-bond donors (Lipinski definition) is 2. The molecule has 3 unspecified atom stereocenters. The fourth-order valence-corrected chi connectivity index (χ4v) is 2.70. The Morgan fingerprint density at radius 1 is 1.25 bits per heavy atom. The van der Waals surface area contributed by atoms with Crippen LogP contribution in [0.5, 0.6) is 0 Å². The van der Waals surface area contributed by atoms with Crippen LogP contribution in [-0.4, -0.2) is 15.1 Å². The van der Waals surface area contributed by atoms with Crippen molar-refractivity contribution in [1.29, 1.82) is 0 Å². The number of aromatic nitrogens is 2. The van der Waals surface area contributed by atoms with E-state index in [-0.39, 0.29) is 17.9 Å². The summed E-state index contributed by atoms with van der Waals surface area (Å²) in [5.41, 5.74) is 3.35. The molecular weight excluding hydrogens is 200 g/mol. The molecule has 0 aliphatic heterocycles. The van der Waals surface area contributed by atoms with Crippen LogP contribution in [0.1, 0.15) is 35.8 Å². The van der Waals surface area contributed by atoms with Gasteiger partial charge in [-0.2, -0.15) is 0 Å². The van der Waals surface area contributed by atoms with Crippen molar-refractivity contribution in [2.45, 2.75) is 18.9 Å². The summed E-state index contributed by atoms with van der Waals surface area (Å²) in [4.78, 5) is 7.21. The Bertz CT molecular complexity index is 492. The third kappa shape index (κ3) is 1.21. The minimum Gasteiger partial charge on any atom is -0.388 e. The van der Waals surface area contributed by atoms with Gasteiger partial charge in [-0.25, -0.2) is 4.98 Å². The van der Waals surface area contributed by atoms with E-state index >= 15 is 0 Å². The Morgan fingerprint density at radius 2 is 2.00 bits per heavy atom. The topological polar surface area (TPSA) is 48.9 Å². The summed E-state index contributed by atoms with van der Waals surface area (Å²) in [6.07, 6.45) is 3.16. The van der Waals surface area contributed by atoms with E-state index in [2.05, 4.69) is 23.0 Å². The van der Waals surface area contributed by atoms with Gasteiger partial charge in [-0.05, 0) is 17.0 Å². The number of nitrogens with one attached hydrogen (secondary N) is 1. The maximum Gasteiger partial charge on any atom is 0.0921 e. The minimum atomic E-state index is -0.371. The molecule has 3 rings (SSSR count). The predicted molar refractivity (Wildman–Crippen MR) is 61.0 cm³/mol. The van der Waals surface area contributed by atoms with Gasteiger partial charge < -0.3 is 10.1 Å². The van der Waals surface area contributed by atoms with Crippen LogP contribution in [0.25, 0.3) is 0 Å². The number of aliphatic hydroxyl groups is 1. The Balaban J connectivity index is 2.14. The van der Waals surface area contributed by atoms with Crippen LogP contribution in [0, 0.1) is 5.92 Å². The molecule has 0 saturated carbocycles. The third-order valence-electron chi connectivity index (χ3n) is 3.53. The number of hydrogen-bond acceptors (Lipinski definition) is 2. The van der Waals surface area contributed by atoms with Gasteiger partial charge >= 0.3 is 0 Å². The molecule has 1 heterocycles. The zero-order valence-electron chi connectivity index (χ0n) is 9.09. The van der Waals surface area contributed by atoms with Crippen molar-refractivity contribution in [3.8, 4) is 0 Å². The molecular formula is C13H14N2O. The maximum atomic E-state index is 10.2. The highest BCUT2D eigenvalue weighted by Crippen LogP contribution is 2.47. The van der Waals surface area contributed by atoms with Crippen molar-refractivity contribution < 1.29 is 5.11 Å². The Kier molecular flexibility index (Phi) is 2.07. The van der Waals surface area contributed by atoms with Crippen LogP contribution in [0.3, 0.4) is 0 Å². The number of benzene rings is 1. The summed E-state index contributed by atoms with van der Waals surface area (Å²) in [6, 6.07) is 8.09. The van der Waals surface area contributed by atoms with Crippen LogP contribution in [0.2, 0.25) is 0 Å². The van der Waals surface area contributed by atoms with Gasteiger partial charge in [0.15, 0.2) is 0 Å². The molecule has 1 aliphatic carbocycles. The first-order valence-corrected chi connectivity index (χ1v) is 5.54. The lowest BCUT2D eigenvalue weighted by atomic mass is 9.91. The molecule has 82 valence electrons. The molecule has 1 aromatic carbocycles. The van der Waals surface area contributed by atoms with E-state index < -0.39 is 0 Å². The molecule has 0 amide bonds. The van der Waals surface area contributed by atoms with Crippen molar-refractivity contribution in [3.63, 3.8) is 0 Å². The van der Waals surface area contributed by atoms with Crippen LogP contribution in [-0.2, 0) is 0 Å². The average molecular weight is 214 g/mol. The molecule has 3 nitrogen and oxygen atoms in total. The number of nitrogens with zero attached hydrogens (tertiary/aromatic N) is 1. The summed E-state index contributed by atoms with van der Waals surface area (Å²) in [6.45, 7) is 2.08. The first-order valence-electron chi connectivity index (χ1n) is 5.54. The molecule has 0 fully saturated rings. The van der Waals surface area contributed by atoms with Crippen molar-refractivity contribution in [2.75, 3.05) is 0 Å². The minimum absolute atomic E-state index is 0.192. The van der Waals surface area contributed by atoms with Crippen molar-refractivity contribution in [1.82, 2.24) is 9.97 Å². The second kappa shape index (κ2) is 3.46. The molecule has 1 aliphatic rings. The second-order valence-electron chi connectivity index (χ2n) is 4.42. The molecule has 0 spiro atoms. The smallest absolute Gasteiger partial charge is 0.0921 e. The van der Waals surface area contributed by atoms with Crippen molar-refractivity contribution in [2.24, 2.45) is 5.92 Å². The first kappa shape index (κ1) is 9.60. The summed E-state index contributed by atoms with van der Waals surface area (Å²) >= 11 is 0. The van der Waals surface area contributed by atoms with Gasteiger partial charge in [0.2, 0.25) is 0 Å². The highest BCUT2D eigenvalue weighted by Gasteiger charge is 2.37. The van der Waals surface area contributed by atoms with Crippen LogP contribution in [0.15, 0.2) is 36.8 Å². The first-order chi connectivity index (χ1) is 7.79. The zero-order valence-corrected chi connectivity index (χ0v) is 9.09. The van der Waals surface area contributed by atoms with Crippen LogP contribution >= 0.6 is 0 Å². The van der Waals surface area contributed by atoms with Gasteiger partial charge in [0.1, 0.15) is 0 Å². The maximum absolute atomic E-state index is 10.2. The third-order valence-corrected chi connectivity index (χ3v) is 3.53. The number of imidazole rings is 1.